The Morgan fingerprint density at radius 1 is 1.55 bits per heavy atom. The molecule has 4 nitrogen and oxygen atoms in total. The molecule has 6 heteroatoms. The molecule has 1 aliphatic rings. The zero-order chi connectivity index (χ0) is 14.5. The molecule has 0 bridgehead atoms. The van der Waals surface area contributed by atoms with Crippen LogP contribution in [0.15, 0.2) is 41.0 Å². The van der Waals surface area contributed by atoms with Gasteiger partial charge in [0, 0.05) is 17.1 Å². The van der Waals surface area contributed by atoms with Crippen LogP contribution in [0.3, 0.4) is 0 Å². The smallest absolute Gasteiger partial charge is 0.147 e. The molecule has 0 spiro atoms. The van der Waals surface area contributed by atoms with Gasteiger partial charge in [-0.05, 0) is 25.1 Å². The van der Waals surface area contributed by atoms with Gasteiger partial charge in [0.25, 0.3) is 0 Å². The number of hydrogen-bond donors (Lipinski definition) is 0. The van der Waals surface area contributed by atoms with Gasteiger partial charge in [-0.15, -0.1) is 0 Å². The third-order valence-electron chi connectivity index (χ3n) is 2.79. The second kappa shape index (κ2) is 6.77. The van der Waals surface area contributed by atoms with Crippen molar-refractivity contribution >= 4 is 34.9 Å². The highest BCUT2D eigenvalue weighted by Crippen LogP contribution is 2.24. The molecule has 0 fully saturated rings. The van der Waals surface area contributed by atoms with Gasteiger partial charge >= 0.3 is 0 Å². The first-order valence-corrected chi connectivity index (χ1v) is 6.94. The van der Waals surface area contributed by atoms with Crippen molar-refractivity contribution in [2.24, 2.45) is 10.1 Å². The summed E-state index contributed by atoms with van der Waals surface area (Å²) in [5.41, 5.74) is 0.840. The summed E-state index contributed by atoms with van der Waals surface area (Å²) in [4.78, 5) is 11.6. The molecule has 0 radical (unpaired) electrons. The summed E-state index contributed by atoms with van der Waals surface area (Å²) < 4.78 is 0. The van der Waals surface area contributed by atoms with Crippen LogP contribution in [0.25, 0.3) is 0 Å². The molecule has 0 N–H and O–H groups in total. The monoisotopic (exact) mass is 311 g/mol. The number of hydrogen-bond acceptors (Lipinski definition) is 3. The SMILES string of the molecule is C=CCO/N=C(\C)N1CCN=C1c1ccc(Cl)cc1Cl. The van der Waals surface area contributed by atoms with E-state index in [0.29, 0.717) is 23.2 Å². The molecule has 20 heavy (non-hydrogen) atoms. The van der Waals surface area contributed by atoms with E-state index in [1.165, 1.54) is 0 Å². The first kappa shape index (κ1) is 14.9. The van der Waals surface area contributed by atoms with Gasteiger partial charge in [0.05, 0.1) is 11.6 Å². The molecule has 1 aliphatic heterocycles. The molecule has 1 aromatic rings. The number of amidine groups is 2. The highest BCUT2D eigenvalue weighted by molar-refractivity contribution is 6.37. The molecule has 0 saturated carbocycles. The van der Waals surface area contributed by atoms with Crippen molar-refractivity contribution < 1.29 is 4.84 Å². The molecule has 0 amide bonds. The van der Waals surface area contributed by atoms with Crippen LogP contribution in [0.5, 0.6) is 0 Å². The second-order valence-corrected chi connectivity index (χ2v) is 5.05. The van der Waals surface area contributed by atoms with E-state index in [0.717, 1.165) is 23.8 Å². The summed E-state index contributed by atoms with van der Waals surface area (Å²) in [6.45, 7) is 7.27. The molecule has 0 unspecified atom stereocenters. The molecule has 0 atom stereocenters. The fourth-order valence-electron chi connectivity index (χ4n) is 1.90. The third kappa shape index (κ3) is 3.32. The van der Waals surface area contributed by atoms with Gasteiger partial charge in [-0.2, -0.15) is 0 Å². The number of aliphatic imine (C=N–C) groups is 1. The van der Waals surface area contributed by atoms with Gasteiger partial charge in [-0.1, -0.05) is 41.0 Å². The summed E-state index contributed by atoms with van der Waals surface area (Å²) in [5, 5.41) is 5.21. The number of oxime groups is 1. The minimum Gasteiger partial charge on any atom is -0.390 e. The van der Waals surface area contributed by atoms with E-state index in [-0.39, 0.29) is 0 Å². The van der Waals surface area contributed by atoms with E-state index >= 15 is 0 Å². The number of benzene rings is 1. The fraction of sp³-hybridized carbons (Fsp3) is 0.286. The van der Waals surface area contributed by atoms with Crippen LogP contribution in [0.4, 0.5) is 0 Å². The molecule has 0 aliphatic carbocycles. The van der Waals surface area contributed by atoms with Crippen molar-refractivity contribution in [3.8, 4) is 0 Å². The Morgan fingerprint density at radius 3 is 3.05 bits per heavy atom. The van der Waals surface area contributed by atoms with Crippen molar-refractivity contribution in [1.29, 1.82) is 0 Å². The fourth-order valence-corrected chi connectivity index (χ4v) is 2.39. The van der Waals surface area contributed by atoms with Crippen LogP contribution in [0, 0.1) is 0 Å². The Hall–Kier alpha value is -1.52. The molecule has 2 rings (SSSR count). The normalized spacial score (nSPS) is 15.2. The van der Waals surface area contributed by atoms with Gasteiger partial charge in [0.1, 0.15) is 18.3 Å². The minimum atomic E-state index is 0.374. The highest BCUT2D eigenvalue weighted by atomic mass is 35.5. The maximum absolute atomic E-state index is 6.23. The van der Waals surface area contributed by atoms with Crippen molar-refractivity contribution in [2.75, 3.05) is 19.7 Å². The Bertz CT molecular complexity index is 570. The third-order valence-corrected chi connectivity index (χ3v) is 3.34. The van der Waals surface area contributed by atoms with Crippen LogP contribution in [0.2, 0.25) is 10.0 Å². The first-order chi connectivity index (χ1) is 9.63. The molecular formula is C14H15Cl2N3O. The summed E-state index contributed by atoms with van der Waals surface area (Å²) >= 11 is 12.1. The van der Waals surface area contributed by atoms with Gasteiger partial charge in [-0.25, -0.2) is 0 Å². The van der Waals surface area contributed by atoms with Crippen LogP contribution in [0.1, 0.15) is 12.5 Å². The van der Waals surface area contributed by atoms with E-state index in [1.54, 1.807) is 18.2 Å². The number of halogens is 2. The van der Waals surface area contributed by atoms with Crippen molar-refractivity contribution in [3.05, 3.63) is 46.5 Å². The van der Waals surface area contributed by atoms with E-state index in [2.05, 4.69) is 16.7 Å². The van der Waals surface area contributed by atoms with Gasteiger partial charge in [0.2, 0.25) is 0 Å². The maximum atomic E-state index is 6.23. The van der Waals surface area contributed by atoms with Gasteiger partial charge in [0.15, 0.2) is 0 Å². The zero-order valence-corrected chi connectivity index (χ0v) is 12.7. The van der Waals surface area contributed by atoms with E-state index in [1.807, 2.05) is 17.9 Å². The van der Waals surface area contributed by atoms with Crippen LogP contribution in [-0.4, -0.2) is 36.3 Å². The topological polar surface area (TPSA) is 37.2 Å². The molecule has 1 heterocycles. The van der Waals surface area contributed by atoms with E-state index in [4.69, 9.17) is 28.0 Å². The van der Waals surface area contributed by atoms with Gasteiger partial charge in [-0.3, -0.25) is 4.99 Å². The molecule has 0 saturated heterocycles. The van der Waals surface area contributed by atoms with Crippen molar-refractivity contribution in [2.45, 2.75) is 6.92 Å². The standard InChI is InChI=1S/C14H15Cl2N3O/c1-3-8-20-18-10(2)19-7-6-17-14(19)12-5-4-11(15)9-13(12)16/h3-5,9H,1,6-8H2,2H3/b18-10+. The lowest BCUT2D eigenvalue weighted by molar-refractivity contribution is 0.171. The van der Waals surface area contributed by atoms with Crippen molar-refractivity contribution in [1.82, 2.24) is 4.90 Å². The molecule has 0 aromatic heterocycles. The molecular weight excluding hydrogens is 297 g/mol. The predicted octanol–water partition coefficient (Wildman–Crippen LogP) is 3.59. The minimum absolute atomic E-state index is 0.374. The summed E-state index contributed by atoms with van der Waals surface area (Å²) in [6.07, 6.45) is 1.64. The first-order valence-electron chi connectivity index (χ1n) is 6.18. The second-order valence-electron chi connectivity index (χ2n) is 4.20. The Labute approximate surface area is 128 Å². The van der Waals surface area contributed by atoms with Crippen LogP contribution >= 0.6 is 23.2 Å². The molecule has 106 valence electrons. The lowest BCUT2D eigenvalue weighted by atomic mass is 10.2. The van der Waals surface area contributed by atoms with Crippen LogP contribution in [-0.2, 0) is 4.84 Å². The van der Waals surface area contributed by atoms with E-state index in [9.17, 15) is 0 Å². The Kier molecular flexibility index (Phi) is 5.04. The summed E-state index contributed by atoms with van der Waals surface area (Å²) in [7, 11) is 0. The quantitative estimate of drug-likeness (QED) is 0.280. The summed E-state index contributed by atoms with van der Waals surface area (Å²) in [6, 6.07) is 5.36. The van der Waals surface area contributed by atoms with Crippen molar-refractivity contribution in [3.63, 3.8) is 0 Å². The number of rotatable bonds is 4. The van der Waals surface area contributed by atoms with E-state index < -0.39 is 0 Å². The molecule has 1 aromatic carbocycles. The predicted molar refractivity (Wildman–Crippen MR) is 83.8 cm³/mol. The zero-order valence-electron chi connectivity index (χ0n) is 11.1. The Balaban J connectivity index is 2.22. The van der Waals surface area contributed by atoms with Crippen LogP contribution < -0.4 is 0 Å². The summed E-state index contributed by atoms with van der Waals surface area (Å²) in [5.74, 6) is 1.52. The Morgan fingerprint density at radius 2 is 2.35 bits per heavy atom. The maximum Gasteiger partial charge on any atom is 0.147 e. The number of nitrogens with zero attached hydrogens (tertiary/aromatic N) is 3. The largest absolute Gasteiger partial charge is 0.390 e. The average Bonchev–Trinajstić information content (AvgIpc) is 2.88. The lowest BCUT2D eigenvalue weighted by Gasteiger charge is -2.20. The van der Waals surface area contributed by atoms with Gasteiger partial charge < -0.3 is 9.74 Å². The highest BCUT2D eigenvalue weighted by Gasteiger charge is 2.23. The lowest BCUT2D eigenvalue weighted by Crippen LogP contribution is -2.33. The average molecular weight is 312 g/mol.